The molecular formula is C26H23N5O3S. The van der Waals surface area contributed by atoms with Gasteiger partial charge in [-0.3, -0.25) is 14.7 Å². The van der Waals surface area contributed by atoms with E-state index in [1.54, 1.807) is 18.2 Å². The highest BCUT2D eigenvalue weighted by molar-refractivity contribution is 7.99. The van der Waals surface area contributed by atoms with Gasteiger partial charge >= 0.3 is 0 Å². The Kier molecular flexibility index (Phi) is 7.43. The smallest absolute Gasteiger partial charge is 0.220 e. The first-order chi connectivity index (χ1) is 16.9. The first-order valence-electron chi connectivity index (χ1n) is 10.9. The van der Waals surface area contributed by atoms with Crippen LogP contribution in [-0.4, -0.2) is 26.2 Å². The summed E-state index contributed by atoms with van der Waals surface area (Å²) in [5, 5.41) is 29.3. The summed E-state index contributed by atoms with van der Waals surface area (Å²) in [4.78, 5) is 11.1. The molecule has 35 heavy (non-hydrogen) atoms. The van der Waals surface area contributed by atoms with E-state index in [-0.39, 0.29) is 18.1 Å². The molecule has 0 saturated heterocycles. The average Bonchev–Trinajstić information content (AvgIpc) is 3.22. The minimum atomic E-state index is -0.467. The molecule has 0 amide bonds. The molecule has 0 aliphatic rings. The fourth-order valence-corrected chi connectivity index (χ4v) is 4.75. The van der Waals surface area contributed by atoms with Crippen molar-refractivity contribution in [3.05, 3.63) is 111 Å². The van der Waals surface area contributed by atoms with Crippen LogP contribution in [0, 0.1) is 35.3 Å². The van der Waals surface area contributed by atoms with Crippen molar-refractivity contribution in [2.45, 2.75) is 30.9 Å². The summed E-state index contributed by atoms with van der Waals surface area (Å²) >= 11 is 1.31. The van der Waals surface area contributed by atoms with E-state index in [1.807, 2.05) is 73.0 Å². The topological polar surface area (TPSA) is 107 Å². The van der Waals surface area contributed by atoms with Crippen LogP contribution in [0.2, 0.25) is 0 Å². The third kappa shape index (κ3) is 5.86. The maximum atomic E-state index is 11.5. The summed E-state index contributed by atoms with van der Waals surface area (Å²) in [6.45, 7) is 3.87. The van der Waals surface area contributed by atoms with E-state index >= 15 is 0 Å². The fraction of sp³-hybridized carbons (Fsp3) is 0.192. The summed E-state index contributed by atoms with van der Waals surface area (Å²) < 4.78 is 7.74. The van der Waals surface area contributed by atoms with E-state index in [9.17, 15) is 15.4 Å². The standard InChI is InChI=1S/C26H23N5O3S/c1-18-7-11-23(12-8-18)31-19(2)28-29-26(31)35-25(16-30(32)33)20-9-13-24(14-10-20)34-17-22-6-4-3-5-21(22)15-27/h3-14,25H,16-17H2,1-2H3/t25-/m1/s1. The van der Waals surface area contributed by atoms with Gasteiger partial charge in [0.05, 0.1) is 11.6 Å². The summed E-state index contributed by atoms with van der Waals surface area (Å²) in [5.74, 6) is 1.32. The molecule has 0 radical (unpaired) electrons. The largest absolute Gasteiger partial charge is 0.489 e. The number of nitriles is 1. The third-order valence-corrected chi connectivity index (χ3v) is 6.61. The van der Waals surface area contributed by atoms with Crippen molar-refractivity contribution in [2.24, 2.45) is 0 Å². The number of aromatic nitrogens is 3. The summed E-state index contributed by atoms with van der Waals surface area (Å²) in [6, 6.07) is 24.6. The molecule has 176 valence electrons. The Morgan fingerprint density at radius 2 is 1.77 bits per heavy atom. The summed E-state index contributed by atoms with van der Waals surface area (Å²) in [6.07, 6.45) is 0. The van der Waals surface area contributed by atoms with E-state index in [2.05, 4.69) is 16.3 Å². The molecule has 0 aliphatic carbocycles. The normalized spacial score (nSPS) is 11.6. The Balaban J connectivity index is 1.53. The predicted molar refractivity (Wildman–Crippen MR) is 133 cm³/mol. The van der Waals surface area contributed by atoms with Crippen molar-refractivity contribution in [3.63, 3.8) is 0 Å². The highest BCUT2D eigenvalue weighted by Crippen LogP contribution is 2.36. The Morgan fingerprint density at radius 1 is 1.06 bits per heavy atom. The van der Waals surface area contributed by atoms with E-state index < -0.39 is 5.25 Å². The van der Waals surface area contributed by atoms with Crippen molar-refractivity contribution in [2.75, 3.05) is 6.54 Å². The third-order valence-electron chi connectivity index (χ3n) is 5.43. The molecule has 0 N–H and O–H groups in total. The number of rotatable bonds is 9. The lowest BCUT2D eigenvalue weighted by Gasteiger charge is -2.15. The summed E-state index contributed by atoms with van der Waals surface area (Å²) in [5.41, 5.74) is 4.19. The lowest BCUT2D eigenvalue weighted by atomic mass is 10.1. The molecule has 0 aliphatic heterocycles. The Morgan fingerprint density at radius 3 is 2.46 bits per heavy atom. The minimum absolute atomic E-state index is 0.259. The number of ether oxygens (including phenoxy) is 1. The molecule has 0 saturated carbocycles. The average molecular weight is 486 g/mol. The highest BCUT2D eigenvalue weighted by atomic mass is 32.2. The first-order valence-corrected chi connectivity index (χ1v) is 11.8. The second kappa shape index (κ2) is 10.8. The second-order valence-electron chi connectivity index (χ2n) is 7.95. The zero-order valence-electron chi connectivity index (χ0n) is 19.3. The highest BCUT2D eigenvalue weighted by Gasteiger charge is 2.24. The van der Waals surface area contributed by atoms with Crippen molar-refractivity contribution in [1.82, 2.24) is 14.8 Å². The van der Waals surface area contributed by atoms with Crippen LogP contribution in [0.3, 0.4) is 0 Å². The van der Waals surface area contributed by atoms with Gasteiger partial charge in [-0.2, -0.15) is 5.26 Å². The molecule has 1 heterocycles. The van der Waals surface area contributed by atoms with Crippen LogP contribution in [0.5, 0.6) is 5.75 Å². The molecule has 0 fully saturated rings. The van der Waals surface area contributed by atoms with Crippen LogP contribution < -0.4 is 4.74 Å². The van der Waals surface area contributed by atoms with Gasteiger partial charge in [-0.1, -0.05) is 59.8 Å². The van der Waals surface area contributed by atoms with E-state index in [0.29, 0.717) is 22.3 Å². The van der Waals surface area contributed by atoms with E-state index in [4.69, 9.17) is 4.74 Å². The molecule has 1 atom stereocenters. The van der Waals surface area contributed by atoms with Gasteiger partial charge in [0.2, 0.25) is 6.54 Å². The Bertz CT molecular complexity index is 1360. The SMILES string of the molecule is Cc1ccc(-n2c(C)nnc2S[C@H](C[N+](=O)[O-])c2ccc(OCc3ccccc3C#N)cc2)cc1. The molecule has 1 aromatic heterocycles. The number of hydrogen-bond donors (Lipinski definition) is 0. The molecule has 4 rings (SSSR count). The Hall–Kier alpha value is -4.16. The van der Waals surface area contributed by atoms with Gasteiger partial charge in [0.15, 0.2) is 5.16 Å². The molecule has 0 spiro atoms. The zero-order valence-corrected chi connectivity index (χ0v) is 20.1. The maximum Gasteiger partial charge on any atom is 0.220 e. The maximum absolute atomic E-state index is 11.5. The van der Waals surface area contributed by atoms with Gasteiger partial charge < -0.3 is 4.74 Å². The molecule has 4 aromatic rings. The van der Waals surface area contributed by atoms with Crippen LogP contribution >= 0.6 is 11.8 Å². The molecule has 9 heteroatoms. The van der Waals surface area contributed by atoms with Gasteiger partial charge in [-0.25, -0.2) is 0 Å². The number of nitro groups is 1. The van der Waals surface area contributed by atoms with Gasteiger partial charge in [-0.15, -0.1) is 10.2 Å². The van der Waals surface area contributed by atoms with Crippen molar-refractivity contribution in [1.29, 1.82) is 5.26 Å². The van der Waals surface area contributed by atoms with Crippen molar-refractivity contribution in [3.8, 4) is 17.5 Å². The lowest BCUT2D eigenvalue weighted by molar-refractivity contribution is -0.479. The van der Waals surface area contributed by atoms with Gasteiger partial charge in [0.25, 0.3) is 0 Å². The monoisotopic (exact) mass is 485 g/mol. The van der Waals surface area contributed by atoms with Gasteiger partial charge in [-0.05, 0) is 49.7 Å². The fourth-order valence-electron chi connectivity index (χ4n) is 3.58. The number of benzene rings is 3. The number of aryl methyl sites for hydroxylation is 2. The van der Waals surface area contributed by atoms with Crippen molar-refractivity contribution < 1.29 is 9.66 Å². The van der Waals surface area contributed by atoms with E-state index in [1.165, 1.54) is 11.8 Å². The van der Waals surface area contributed by atoms with Crippen molar-refractivity contribution >= 4 is 11.8 Å². The van der Waals surface area contributed by atoms with E-state index in [0.717, 1.165) is 22.4 Å². The van der Waals surface area contributed by atoms with Crippen LogP contribution in [0.1, 0.15) is 33.3 Å². The second-order valence-corrected chi connectivity index (χ2v) is 9.12. The summed E-state index contributed by atoms with van der Waals surface area (Å²) in [7, 11) is 0. The molecule has 3 aromatic carbocycles. The van der Waals surface area contributed by atoms with Crippen LogP contribution in [0.4, 0.5) is 0 Å². The predicted octanol–water partition coefficient (Wildman–Crippen LogP) is 5.44. The zero-order chi connectivity index (χ0) is 24.8. The van der Waals surface area contributed by atoms with Crippen LogP contribution in [0.25, 0.3) is 5.69 Å². The number of thioether (sulfide) groups is 1. The molecule has 8 nitrogen and oxygen atoms in total. The molecule has 0 bridgehead atoms. The lowest BCUT2D eigenvalue weighted by Crippen LogP contribution is -2.11. The van der Waals surface area contributed by atoms with Gasteiger partial charge in [0, 0.05) is 16.2 Å². The van der Waals surface area contributed by atoms with Crippen LogP contribution in [0.15, 0.2) is 78.0 Å². The van der Waals surface area contributed by atoms with Gasteiger partial charge in [0.1, 0.15) is 23.4 Å². The number of hydrogen-bond acceptors (Lipinski definition) is 7. The van der Waals surface area contributed by atoms with Crippen LogP contribution in [-0.2, 0) is 6.61 Å². The molecule has 0 unspecified atom stereocenters. The minimum Gasteiger partial charge on any atom is -0.489 e. The first kappa shape index (κ1) is 24.0. The molecular weight excluding hydrogens is 462 g/mol. The Labute approximate surface area is 207 Å². The number of nitrogens with zero attached hydrogens (tertiary/aromatic N) is 5. The quantitative estimate of drug-likeness (QED) is 0.176.